The molecule has 0 radical (unpaired) electrons. The Hall–Kier alpha value is -2.59. The molecule has 134 valence electrons. The number of aromatic nitrogens is 2. The maximum Gasteiger partial charge on any atom is 0.358 e. The second kappa shape index (κ2) is 7.34. The normalized spacial score (nSPS) is 10.8. The maximum absolute atomic E-state index is 12.4. The summed E-state index contributed by atoms with van der Waals surface area (Å²) >= 11 is 6.04. The number of aryl methyl sites for hydroxylation is 2. The van der Waals surface area contributed by atoms with E-state index >= 15 is 0 Å². The molecule has 0 fully saturated rings. The Labute approximate surface area is 158 Å². The highest BCUT2D eigenvalue weighted by Crippen LogP contribution is 2.30. The fourth-order valence-electron chi connectivity index (χ4n) is 3.05. The van der Waals surface area contributed by atoms with Crippen molar-refractivity contribution in [3.05, 3.63) is 70.0 Å². The molecule has 3 aromatic rings. The molecule has 0 unspecified atom stereocenters. The van der Waals surface area contributed by atoms with Crippen molar-refractivity contribution in [3.8, 4) is 17.1 Å². The lowest BCUT2D eigenvalue weighted by molar-refractivity contribution is 0.0519. The van der Waals surface area contributed by atoms with Crippen molar-refractivity contribution in [2.24, 2.45) is 0 Å². The number of rotatable bonds is 4. The number of imidazole rings is 1. The summed E-state index contributed by atoms with van der Waals surface area (Å²) in [6.45, 7) is 8.07. The summed E-state index contributed by atoms with van der Waals surface area (Å²) in [5.41, 5.74) is 5.21. The topological polar surface area (TPSA) is 44.1 Å². The smallest absolute Gasteiger partial charge is 0.358 e. The molecule has 0 aliphatic carbocycles. The van der Waals surface area contributed by atoms with Gasteiger partial charge in [0.15, 0.2) is 5.69 Å². The molecule has 4 nitrogen and oxygen atoms in total. The first-order chi connectivity index (χ1) is 12.4. The number of ether oxygens (including phenoxy) is 1. The second-order valence-electron chi connectivity index (χ2n) is 6.22. The standard InChI is InChI=1S/C21H21ClN2O2/c1-5-26-21(25)19-15(4)24(17-9-7-16(22)8-10-17)20(23-19)18-11-6-13(2)12-14(18)3/h6-12H,5H2,1-4H3. The molecule has 1 aromatic heterocycles. The monoisotopic (exact) mass is 368 g/mol. The Morgan fingerprint density at radius 3 is 2.42 bits per heavy atom. The predicted octanol–water partition coefficient (Wildman–Crippen LogP) is 5.29. The zero-order valence-electron chi connectivity index (χ0n) is 15.3. The van der Waals surface area contributed by atoms with E-state index in [-0.39, 0.29) is 0 Å². The summed E-state index contributed by atoms with van der Waals surface area (Å²) in [5.74, 6) is 0.300. The van der Waals surface area contributed by atoms with Crippen molar-refractivity contribution >= 4 is 17.6 Å². The number of carbonyl (C=O) groups is 1. The van der Waals surface area contributed by atoms with Gasteiger partial charge in [-0.3, -0.25) is 4.57 Å². The molecule has 26 heavy (non-hydrogen) atoms. The second-order valence-corrected chi connectivity index (χ2v) is 6.66. The SMILES string of the molecule is CCOC(=O)c1nc(-c2ccc(C)cc2C)n(-c2ccc(Cl)cc2)c1C. The minimum Gasteiger partial charge on any atom is -0.461 e. The molecule has 0 saturated heterocycles. The molecule has 0 bridgehead atoms. The molecule has 0 N–H and O–H groups in total. The van der Waals surface area contributed by atoms with Crippen LogP contribution < -0.4 is 0 Å². The van der Waals surface area contributed by atoms with Gasteiger partial charge in [0.2, 0.25) is 0 Å². The highest BCUT2D eigenvalue weighted by molar-refractivity contribution is 6.30. The van der Waals surface area contributed by atoms with Crippen LogP contribution >= 0.6 is 11.6 Å². The average molecular weight is 369 g/mol. The average Bonchev–Trinajstić information content (AvgIpc) is 2.93. The summed E-state index contributed by atoms with van der Waals surface area (Å²) in [6, 6.07) is 13.7. The summed E-state index contributed by atoms with van der Waals surface area (Å²) in [4.78, 5) is 17.0. The molecular formula is C21H21ClN2O2. The summed E-state index contributed by atoms with van der Waals surface area (Å²) < 4.78 is 7.15. The van der Waals surface area contributed by atoms with E-state index in [2.05, 4.69) is 18.0 Å². The number of esters is 1. The lowest BCUT2D eigenvalue weighted by Crippen LogP contribution is -2.07. The highest BCUT2D eigenvalue weighted by atomic mass is 35.5. The minimum atomic E-state index is -0.413. The fourth-order valence-corrected chi connectivity index (χ4v) is 3.17. The van der Waals surface area contributed by atoms with Crippen molar-refractivity contribution in [3.63, 3.8) is 0 Å². The number of halogens is 1. The Balaban J connectivity index is 2.26. The lowest BCUT2D eigenvalue weighted by atomic mass is 10.1. The Kier molecular flexibility index (Phi) is 5.14. The third-order valence-electron chi connectivity index (χ3n) is 4.28. The van der Waals surface area contributed by atoms with Crippen molar-refractivity contribution in [1.82, 2.24) is 9.55 Å². The van der Waals surface area contributed by atoms with Gasteiger partial charge in [-0.1, -0.05) is 35.4 Å². The maximum atomic E-state index is 12.4. The number of benzene rings is 2. The number of carbonyl (C=O) groups excluding carboxylic acids is 1. The van der Waals surface area contributed by atoms with E-state index in [1.165, 1.54) is 5.56 Å². The van der Waals surface area contributed by atoms with Crippen LogP contribution in [0.4, 0.5) is 0 Å². The van der Waals surface area contributed by atoms with E-state index in [1.807, 2.05) is 54.8 Å². The number of hydrogen-bond donors (Lipinski definition) is 0. The van der Waals surface area contributed by atoms with Crippen molar-refractivity contribution in [2.75, 3.05) is 6.61 Å². The van der Waals surface area contributed by atoms with Crippen LogP contribution in [0.5, 0.6) is 0 Å². The zero-order chi connectivity index (χ0) is 18.8. The van der Waals surface area contributed by atoms with Crippen LogP contribution in [0.15, 0.2) is 42.5 Å². The first-order valence-electron chi connectivity index (χ1n) is 8.52. The molecule has 3 rings (SSSR count). The molecule has 5 heteroatoms. The van der Waals surface area contributed by atoms with E-state index in [0.29, 0.717) is 23.1 Å². The van der Waals surface area contributed by atoms with Crippen LogP contribution in [-0.2, 0) is 4.74 Å². The highest BCUT2D eigenvalue weighted by Gasteiger charge is 2.23. The summed E-state index contributed by atoms with van der Waals surface area (Å²) in [5, 5.41) is 0.658. The van der Waals surface area contributed by atoms with E-state index in [4.69, 9.17) is 16.3 Å². The Morgan fingerprint density at radius 1 is 1.12 bits per heavy atom. The van der Waals surface area contributed by atoms with Gasteiger partial charge < -0.3 is 4.74 Å². The van der Waals surface area contributed by atoms with Crippen LogP contribution in [0.3, 0.4) is 0 Å². The molecule has 0 aliphatic heterocycles. The quantitative estimate of drug-likeness (QED) is 0.587. The summed E-state index contributed by atoms with van der Waals surface area (Å²) in [6.07, 6.45) is 0. The first kappa shape index (κ1) is 18.2. The molecule has 0 spiro atoms. The van der Waals surface area contributed by atoms with Crippen LogP contribution in [-0.4, -0.2) is 22.1 Å². The van der Waals surface area contributed by atoms with Crippen LogP contribution in [0, 0.1) is 20.8 Å². The van der Waals surface area contributed by atoms with Crippen LogP contribution in [0.25, 0.3) is 17.1 Å². The molecule has 0 aliphatic rings. The number of hydrogen-bond acceptors (Lipinski definition) is 3. The molecule has 1 heterocycles. The molecule has 0 atom stereocenters. The predicted molar refractivity (Wildman–Crippen MR) is 104 cm³/mol. The van der Waals surface area contributed by atoms with E-state index < -0.39 is 5.97 Å². The van der Waals surface area contributed by atoms with Gasteiger partial charge in [0, 0.05) is 16.3 Å². The van der Waals surface area contributed by atoms with E-state index in [0.717, 1.165) is 22.5 Å². The van der Waals surface area contributed by atoms with E-state index in [1.54, 1.807) is 6.92 Å². The van der Waals surface area contributed by atoms with Gasteiger partial charge in [-0.25, -0.2) is 9.78 Å². The van der Waals surface area contributed by atoms with Crippen molar-refractivity contribution < 1.29 is 9.53 Å². The summed E-state index contributed by atoms with van der Waals surface area (Å²) in [7, 11) is 0. The first-order valence-corrected chi connectivity index (χ1v) is 8.90. The van der Waals surface area contributed by atoms with Gasteiger partial charge in [0.05, 0.1) is 12.3 Å². The van der Waals surface area contributed by atoms with Gasteiger partial charge in [0.25, 0.3) is 0 Å². The van der Waals surface area contributed by atoms with Gasteiger partial charge in [-0.05, 0) is 57.5 Å². The Morgan fingerprint density at radius 2 is 1.81 bits per heavy atom. The number of nitrogens with zero attached hydrogens (tertiary/aromatic N) is 2. The van der Waals surface area contributed by atoms with Crippen LogP contribution in [0.1, 0.15) is 34.2 Å². The van der Waals surface area contributed by atoms with Gasteiger partial charge in [-0.15, -0.1) is 0 Å². The van der Waals surface area contributed by atoms with Gasteiger partial charge >= 0.3 is 5.97 Å². The lowest BCUT2D eigenvalue weighted by Gasteiger charge is -2.12. The molecular weight excluding hydrogens is 348 g/mol. The third-order valence-corrected chi connectivity index (χ3v) is 4.54. The molecule has 0 amide bonds. The third kappa shape index (κ3) is 3.37. The minimum absolute atomic E-state index is 0.310. The van der Waals surface area contributed by atoms with Gasteiger partial charge in [-0.2, -0.15) is 0 Å². The van der Waals surface area contributed by atoms with Crippen molar-refractivity contribution in [1.29, 1.82) is 0 Å². The fraction of sp³-hybridized carbons (Fsp3) is 0.238. The molecule has 2 aromatic carbocycles. The zero-order valence-corrected chi connectivity index (χ0v) is 16.1. The van der Waals surface area contributed by atoms with Crippen LogP contribution in [0.2, 0.25) is 5.02 Å². The van der Waals surface area contributed by atoms with Gasteiger partial charge in [0.1, 0.15) is 5.82 Å². The van der Waals surface area contributed by atoms with Crippen molar-refractivity contribution in [2.45, 2.75) is 27.7 Å². The molecule has 0 saturated carbocycles. The Bertz CT molecular complexity index is 959. The van der Waals surface area contributed by atoms with E-state index in [9.17, 15) is 4.79 Å². The largest absolute Gasteiger partial charge is 0.461 e.